The van der Waals surface area contributed by atoms with E-state index < -0.39 is 5.54 Å². The number of hydrogen-bond donors (Lipinski definition) is 1. The molecule has 0 saturated carbocycles. The summed E-state index contributed by atoms with van der Waals surface area (Å²) in [5.41, 5.74) is 2.99. The van der Waals surface area contributed by atoms with E-state index in [0.29, 0.717) is 6.54 Å². The van der Waals surface area contributed by atoms with Crippen LogP contribution in [0.1, 0.15) is 36.8 Å². The first-order valence-electron chi connectivity index (χ1n) is 13.1. The average molecular weight is 471 g/mol. The number of nitrogens with zero attached hydrogens (tertiary/aromatic N) is 3. The van der Waals surface area contributed by atoms with Gasteiger partial charge in [-0.3, -0.25) is 9.59 Å². The van der Waals surface area contributed by atoms with Crippen LogP contribution in [0, 0.1) is 0 Å². The van der Waals surface area contributed by atoms with E-state index in [1.807, 2.05) is 15.9 Å². The van der Waals surface area contributed by atoms with Crippen LogP contribution >= 0.6 is 0 Å². The second kappa shape index (κ2) is 9.15. The number of rotatable bonds is 6. The third-order valence-corrected chi connectivity index (χ3v) is 8.50. The van der Waals surface area contributed by atoms with Crippen molar-refractivity contribution in [3.05, 3.63) is 71.9 Å². The number of carbonyl (C=O) groups excluding carboxylic acids is 2. The Balaban J connectivity index is 1.20. The van der Waals surface area contributed by atoms with E-state index in [0.717, 1.165) is 70.2 Å². The molecule has 6 heteroatoms. The van der Waals surface area contributed by atoms with Gasteiger partial charge < -0.3 is 19.7 Å². The lowest BCUT2D eigenvalue weighted by atomic mass is 9.80. The van der Waals surface area contributed by atoms with Crippen LogP contribution in [0.4, 0.5) is 0 Å². The van der Waals surface area contributed by atoms with Crippen molar-refractivity contribution in [3.8, 4) is 0 Å². The van der Waals surface area contributed by atoms with Crippen LogP contribution in [0.2, 0.25) is 0 Å². The number of amides is 2. The number of aromatic nitrogens is 1. The molecule has 3 saturated heterocycles. The summed E-state index contributed by atoms with van der Waals surface area (Å²) in [6.07, 6.45) is 7.01. The summed E-state index contributed by atoms with van der Waals surface area (Å²) in [5, 5.41) is 1.20. The Kier molecular flexibility index (Phi) is 5.85. The van der Waals surface area contributed by atoms with Gasteiger partial charge in [-0.25, -0.2) is 0 Å². The molecule has 3 aliphatic rings. The minimum Gasteiger partial charge on any atom is -0.361 e. The molecule has 0 radical (unpaired) electrons. The SMILES string of the molecule is O=C1C2CCCN2C(=O)C2(CCN(CCc3ccccc3)CC2)N1CCc1c[nH]c2ccccc12. The fourth-order valence-electron chi connectivity index (χ4n) is 6.50. The number of aromatic amines is 1. The molecule has 6 rings (SSSR count). The van der Waals surface area contributed by atoms with E-state index in [1.54, 1.807) is 0 Å². The second-order valence-electron chi connectivity index (χ2n) is 10.4. The number of fused-ring (bicyclic) bond motifs is 2. The number of para-hydroxylation sites is 1. The normalized spacial score (nSPS) is 22.3. The largest absolute Gasteiger partial charge is 0.361 e. The topological polar surface area (TPSA) is 59.7 Å². The van der Waals surface area contributed by atoms with Crippen molar-refractivity contribution in [1.29, 1.82) is 0 Å². The number of likely N-dealkylation sites (tertiary alicyclic amines) is 1. The molecule has 6 nitrogen and oxygen atoms in total. The summed E-state index contributed by atoms with van der Waals surface area (Å²) in [4.78, 5) is 37.4. The monoisotopic (exact) mass is 470 g/mol. The Morgan fingerprint density at radius 1 is 0.886 bits per heavy atom. The van der Waals surface area contributed by atoms with Gasteiger partial charge in [-0.05, 0) is 55.7 Å². The fraction of sp³-hybridized carbons (Fsp3) is 0.448. The molecule has 1 aromatic heterocycles. The van der Waals surface area contributed by atoms with Gasteiger partial charge in [0.05, 0.1) is 0 Å². The maximum absolute atomic E-state index is 13.9. The summed E-state index contributed by atoms with van der Waals surface area (Å²) in [6.45, 7) is 4.03. The lowest BCUT2D eigenvalue weighted by molar-refractivity contribution is -0.172. The summed E-state index contributed by atoms with van der Waals surface area (Å²) in [6, 6.07) is 18.6. The van der Waals surface area contributed by atoms with E-state index >= 15 is 0 Å². The molecular formula is C29H34N4O2. The third kappa shape index (κ3) is 3.94. The zero-order valence-electron chi connectivity index (χ0n) is 20.3. The first kappa shape index (κ1) is 22.4. The number of piperazine rings is 1. The van der Waals surface area contributed by atoms with Crippen molar-refractivity contribution in [1.82, 2.24) is 19.7 Å². The van der Waals surface area contributed by atoms with Crippen molar-refractivity contribution in [2.75, 3.05) is 32.7 Å². The average Bonchev–Trinajstić information content (AvgIpc) is 3.56. The Hall–Kier alpha value is -3.12. The van der Waals surface area contributed by atoms with Gasteiger partial charge in [0, 0.05) is 49.8 Å². The van der Waals surface area contributed by atoms with Gasteiger partial charge in [-0.1, -0.05) is 48.5 Å². The highest BCUT2D eigenvalue weighted by Gasteiger charge is 2.57. The van der Waals surface area contributed by atoms with Gasteiger partial charge in [0.1, 0.15) is 11.6 Å². The maximum Gasteiger partial charge on any atom is 0.249 e. The van der Waals surface area contributed by atoms with Crippen LogP contribution in [0.3, 0.4) is 0 Å². The third-order valence-electron chi connectivity index (χ3n) is 8.50. The van der Waals surface area contributed by atoms with Gasteiger partial charge in [0.15, 0.2) is 0 Å². The van der Waals surface area contributed by atoms with Crippen LogP contribution in [0.25, 0.3) is 10.9 Å². The Bertz CT molecular complexity index is 1210. The van der Waals surface area contributed by atoms with E-state index in [4.69, 9.17) is 0 Å². The van der Waals surface area contributed by atoms with E-state index in [1.165, 1.54) is 16.5 Å². The van der Waals surface area contributed by atoms with Crippen molar-refractivity contribution in [2.45, 2.75) is 50.1 Å². The van der Waals surface area contributed by atoms with Crippen LogP contribution in [-0.2, 0) is 22.4 Å². The quantitative estimate of drug-likeness (QED) is 0.599. The molecule has 35 heavy (non-hydrogen) atoms. The highest BCUT2D eigenvalue weighted by Crippen LogP contribution is 2.39. The molecule has 1 N–H and O–H groups in total. The van der Waals surface area contributed by atoms with Crippen molar-refractivity contribution >= 4 is 22.7 Å². The minimum atomic E-state index is -0.687. The fourth-order valence-corrected chi connectivity index (χ4v) is 6.50. The van der Waals surface area contributed by atoms with Crippen molar-refractivity contribution in [2.24, 2.45) is 0 Å². The van der Waals surface area contributed by atoms with Gasteiger partial charge in [-0.15, -0.1) is 0 Å². The predicted molar refractivity (Wildman–Crippen MR) is 137 cm³/mol. The molecule has 1 spiro atoms. The molecule has 3 aromatic rings. The molecule has 4 heterocycles. The van der Waals surface area contributed by atoms with Crippen LogP contribution in [-0.4, -0.2) is 75.8 Å². The van der Waals surface area contributed by atoms with E-state index in [2.05, 4.69) is 64.6 Å². The number of nitrogens with one attached hydrogen (secondary N) is 1. The Morgan fingerprint density at radius 2 is 1.66 bits per heavy atom. The standard InChI is InChI=1S/C29H34N4O2/c34-27-26-11-6-16-32(26)28(35)29(14-19-31(20-15-29)17-12-22-7-2-1-3-8-22)33(27)18-13-23-21-30-25-10-5-4-9-24(23)25/h1-5,7-10,21,26,30H,6,11-20H2. The molecule has 3 aliphatic heterocycles. The molecule has 0 bridgehead atoms. The first-order chi connectivity index (χ1) is 17.2. The Morgan fingerprint density at radius 3 is 2.49 bits per heavy atom. The molecule has 2 aromatic carbocycles. The lowest BCUT2D eigenvalue weighted by Crippen LogP contribution is -2.72. The molecule has 3 fully saturated rings. The molecule has 1 atom stereocenters. The minimum absolute atomic E-state index is 0.166. The number of benzene rings is 2. The zero-order chi connectivity index (χ0) is 23.8. The predicted octanol–water partition coefficient (Wildman–Crippen LogP) is 3.62. The number of H-pyrrole nitrogens is 1. The molecular weight excluding hydrogens is 436 g/mol. The highest BCUT2D eigenvalue weighted by molar-refractivity contribution is 6.00. The number of hydrogen-bond acceptors (Lipinski definition) is 3. The Labute approximate surface area is 206 Å². The summed E-state index contributed by atoms with van der Waals surface area (Å²) < 4.78 is 0. The smallest absolute Gasteiger partial charge is 0.249 e. The number of carbonyl (C=O) groups is 2. The highest BCUT2D eigenvalue weighted by atomic mass is 16.2. The van der Waals surface area contributed by atoms with Crippen molar-refractivity contribution < 1.29 is 9.59 Å². The zero-order valence-corrected chi connectivity index (χ0v) is 20.3. The molecule has 2 amide bonds. The molecule has 182 valence electrons. The summed E-state index contributed by atoms with van der Waals surface area (Å²) in [5.74, 6) is 0.362. The summed E-state index contributed by atoms with van der Waals surface area (Å²) >= 11 is 0. The van der Waals surface area contributed by atoms with Crippen LogP contribution in [0.15, 0.2) is 60.8 Å². The van der Waals surface area contributed by atoms with Crippen LogP contribution < -0.4 is 0 Å². The van der Waals surface area contributed by atoms with Gasteiger partial charge in [-0.2, -0.15) is 0 Å². The van der Waals surface area contributed by atoms with Gasteiger partial charge >= 0.3 is 0 Å². The van der Waals surface area contributed by atoms with E-state index in [-0.39, 0.29) is 17.9 Å². The lowest BCUT2D eigenvalue weighted by Gasteiger charge is -2.53. The van der Waals surface area contributed by atoms with E-state index in [9.17, 15) is 9.59 Å². The molecule has 0 aliphatic carbocycles. The maximum atomic E-state index is 13.9. The van der Waals surface area contributed by atoms with Crippen LogP contribution in [0.5, 0.6) is 0 Å². The molecule has 1 unspecified atom stereocenters. The van der Waals surface area contributed by atoms with Gasteiger partial charge in [0.25, 0.3) is 0 Å². The second-order valence-corrected chi connectivity index (χ2v) is 10.4. The first-order valence-corrected chi connectivity index (χ1v) is 13.1. The summed E-state index contributed by atoms with van der Waals surface area (Å²) in [7, 11) is 0. The number of piperidine rings is 1. The van der Waals surface area contributed by atoms with Gasteiger partial charge in [0.2, 0.25) is 11.8 Å². The van der Waals surface area contributed by atoms with Crippen molar-refractivity contribution in [3.63, 3.8) is 0 Å².